The minimum Gasteiger partial charge on any atom is -0.462 e. The molecule has 0 aromatic carbocycles. The summed E-state index contributed by atoms with van der Waals surface area (Å²) in [4.78, 5) is 37.9. The van der Waals surface area contributed by atoms with Gasteiger partial charge in [0.05, 0.1) is 0 Å². The molecule has 0 aliphatic carbocycles. The number of esters is 3. The molecule has 0 aromatic heterocycles. The number of carbonyl (C=O) groups is 3. The molecule has 0 bridgehead atoms. The summed E-state index contributed by atoms with van der Waals surface area (Å²) < 4.78 is 16.8. The number of rotatable bonds is 45. The Labute approximate surface area is 361 Å². The van der Waals surface area contributed by atoms with Crippen molar-refractivity contribution in [3.05, 3.63) is 0 Å². The highest BCUT2D eigenvalue weighted by molar-refractivity contribution is 5.71. The van der Waals surface area contributed by atoms with E-state index in [0.717, 1.165) is 75.5 Å². The Kier molecular flexibility index (Phi) is 42.3. The van der Waals surface area contributed by atoms with Crippen molar-refractivity contribution in [2.75, 3.05) is 13.2 Å². The van der Waals surface area contributed by atoms with Gasteiger partial charge in [0, 0.05) is 19.3 Å². The summed E-state index contributed by atoms with van der Waals surface area (Å²) in [7, 11) is 0. The lowest BCUT2D eigenvalue weighted by atomic mass is 9.99. The van der Waals surface area contributed by atoms with E-state index in [0.29, 0.717) is 19.3 Å². The lowest BCUT2D eigenvalue weighted by Crippen LogP contribution is -2.30. The van der Waals surface area contributed by atoms with Crippen LogP contribution in [-0.4, -0.2) is 37.2 Å². The van der Waals surface area contributed by atoms with Crippen molar-refractivity contribution in [3.63, 3.8) is 0 Å². The highest BCUT2D eigenvalue weighted by Gasteiger charge is 2.19. The van der Waals surface area contributed by atoms with Crippen molar-refractivity contribution in [2.24, 2.45) is 17.8 Å². The van der Waals surface area contributed by atoms with Crippen LogP contribution in [0.2, 0.25) is 0 Å². The first-order valence-corrected chi connectivity index (χ1v) is 25.7. The Morgan fingerprint density at radius 1 is 0.328 bits per heavy atom. The van der Waals surface area contributed by atoms with Crippen molar-refractivity contribution in [1.29, 1.82) is 0 Å². The predicted octanol–water partition coefficient (Wildman–Crippen LogP) is 16.4. The quantitative estimate of drug-likeness (QED) is 0.0346. The summed E-state index contributed by atoms with van der Waals surface area (Å²) in [6, 6.07) is 0. The van der Waals surface area contributed by atoms with Gasteiger partial charge in [-0.25, -0.2) is 0 Å². The molecule has 6 heteroatoms. The Morgan fingerprint density at radius 3 is 0.810 bits per heavy atom. The molecule has 344 valence electrons. The van der Waals surface area contributed by atoms with Crippen molar-refractivity contribution in [2.45, 2.75) is 285 Å². The van der Waals surface area contributed by atoms with Crippen LogP contribution in [0.1, 0.15) is 279 Å². The number of carbonyl (C=O) groups excluding carboxylic acids is 3. The Hall–Kier alpha value is -1.59. The van der Waals surface area contributed by atoms with Crippen molar-refractivity contribution in [1.82, 2.24) is 0 Å². The topological polar surface area (TPSA) is 78.9 Å². The van der Waals surface area contributed by atoms with Gasteiger partial charge in [-0.2, -0.15) is 0 Å². The SMILES string of the molecule is CCC(C)CCCCCCCCCCCCCCCCC(=O)O[C@@H](COC(=O)CCCCCCCCCCC(C)CC)COC(=O)CCCCCCCCC(C)CC. The Morgan fingerprint density at radius 2 is 0.552 bits per heavy atom. The van der Waals surface area contributed by atoms with E-state index in [4.69, 9.17) is 14.2 Å². The molecule has 6 nitrogen and oxygen atoms in total. The largest absolute Gasteiger partial charge is 0.462 e. The van der Waals surface area contributed by atoms with Crippen LogP contribution in [0.25, 0.3) is 0 Å². The van der Waals surface area contributed by atoms with Gasteiger partial charge >= 0.3 is 17.9 Å². The number of hydrogen-bond acceptors (Lipinski definition) is 6. The second-order valence-electron chi connectivity index (χ2n) is 18.5. The van der Waals surface area contributed by atoms with Gasteiger partial charge in [0.15, 0.2) is 6.10 Å². The Bertz CT molecular complexity index is 904. The summed E-state index contributed by atoms with van der Waals surface area (Å²) in [6.07, 6.45) is 42.2. The molecule has 0 spiro atoms. The van der Waals surface area contributed by atoms with E-state index in [-0.39, 0.29) is 31.1 Å². The van der Waals surface area contributed by atoms with Crippen LogP contribution in [0.5, 0.6) is 0 Å². The molecule has 0 aliphatic heterocycles. The molecular weight excluding hydrogens is 721 g/mol. The zero-order valence-electron chi connectivity index (χ0n) is 39.8. The van der Waals surface area contributed by atoms with Crippen LogP contribution in [0.15, 0.2) is 0 Å². The van der Waals surface area contributed by atoms with Crippen LogP contribution in [-0.2, 0) is 28.6 Å². The van der Waals surface area contributed by atoms with Gasteiger partial charge in [0.2, 0.25) is 0 Å². The smallest absolute Gasteiger partial charge is 0.306 e. The van der Waals surface area contributed by atoms with Crippen LogP contribution >= 0.6 is 0 Å². The molecule has 4 atom stereocenters. The lowest BCUT2D eigenvalue weighted by molar-refractivity contribution is -0.167. The molecule has 0 amide bonds. The summed E-state index contributed by atoms with van der Waals surface area (Å²) in [5, 5.41) is 0. The van der Waals surface area contributed by atoms with E-state index >= 15 is 0 Å². The number of ether oxygens (including phenoxy) is 3. The highest BCUT2D eigenvalue weighted by atomic mass is 16.6. The van der Waals surface area contributed by atoms with E-state index in [9.17, 15) is 14.4 Å². The first kappa shape index (κ1) is 56.4. The second-order valence-corrected chi connectivity index (χ2v) is 18.5. The van der Waals surface area contributed by atoms with Gasteiger partial charge in [-0.3, -0.25) is 14.4 Å². The Balaban J connectivity index is 4.30. The minimum atomic E-state index is -0.763. The van der Waals surface area contributed by atoms with E-state index in [2.05, 4.69) is 41.5 Å². The number of unbranched alkanes of at least 4 members (excludes halogenated alkanes) is 25. The van der Waals surface area contributed by atoms with Gasteiger partial charge in [-0.05, 0) is 37.0 Å². The summed E-state index contributed by atoms with van der Waals surface area (Å²) in [5.74, 6) is 1.70. The fourth-order valence-electron chi connectivity index (χ4n) is 7.66. The van der Waals surface area contributed by atoms with Crippen molar-refractivity contribution < 1.29 is 28.6 Å². The normalized spacial score (nSPS) is 13.6. The zero-order chi connectivity index (χ0) is 42.7. The molecule has 58 heavy (non-hydrogen) atoms. The van der Waals surface area contributed by atoms with Gasteiger partial charge in [0.1, 0.15) is 13.2 Å². The van der Waals surface area contributed by atoms with Crippen molar-refractivity contribution >= 4 is 17.9 Å². The second kappa shape index (κ2) is 43.5. The monoisotopic (exact) mass is 821 g/mol. The fraction of sp³-hybridized carbons (Fsp3) is 0.942. The predicted molar refractivity (Wildman–Crippen MR) is 247 cm³/mol. The maximum absolute atomic E-state index is 12.8. The third kappa shape index (κ3) is 41.2. The molecular formula is C52H100O6. The van der Waals surface area contributed by atoms with Gasteiger partial charge in [-0.15, -0.1) is 0 Å². The molecule has 0 aromatic rings. The average molecular weight is 821 g/mol. The van der Waals surface area contributed by atoms with E-state index in [1.54, 1.807) is 0 Å². The average Bonchev–Trinajstić information content (AvgIpc) is 3.22. The van der Waals surface area contributed by atoms with E-state index < -0.39 is 6.10 Å². The standard InChI is InChI=1S/C52H100O6/c1-7-46(4)38-32-26-20-16-14-12-10-11-13-15-17-23-31-37-43-52(55)58-49(45-57-51(54)42-36-30-25-24-28-34-40-48(6)9-3)44-56-50(53)41-35-29-22-19-18-21-27-33-39-47(5)8-2/h46-49H,7-45H2,1-6H3/t46?,47?,48?,49-/m0/s1. The molecule has 0 heterocycles. The van der Waals surface area contributed by atoms with Gasteiger partial charge < -0.3 is 14.2 Å². The lowest BCUT2D eigenvalue weighted by Gasteiger charge is -2.18. The summed E-state index contributed by atoms with van der Waals surface area (Å²) in [5.41, 5.74) is 0. The third-order valence-corrected chi connectivity index (χ3v) is 12.7. The maximum atomic E-state index is 12.8. The van der Waals surface area contributed by atoms with Crippen LogP contribution in [0.3, 0.4) is 0 Å². The van der Waals surface area contributed by atoms with Gasteiger partial charge in [-0.1, -0.05) is 241 Å². The third-order valence-electron chi connectivity index (χ3n) is 12.7. The fourth-order valence-corrected chi connectivity index (χ4v) is 7.66. The molecule has 0 saturated heterocycles. The molecule has 0 rings (SSSR count). The maximum Gasteiger partial charge on any atom is 0.306 e. The van der Waals surface area contributed by atoms with Gasteiger partial charge in [0.25, 0.3) is 0 Å². The molecule has 3 unspecified atom stereocenters. The number of hydrogen-bond donors (Lipinski definition) is 0. The summed E-state index contributed by atoms with van der Waals surface area (Å²) >= 11 is 0. The van der Waals surface area contributed by atoms with E-state index in [1.165, 1.54) is 161 Å². The molecule has 0 aliphatic rings. The van der Waals surface area contributed by atoms with Crippen molar-refractivity contribution in [3.8, 4) is 0 Å². The molecule has 0 fully saturated rings. The summed E-state index contributed by atoms with van der Waals surface area (Å²) in [6.45, 7) is 13.7. The van der Waals surface area contributed by atoms with Crippen LogP contribution in [0, 0.1) is 17.8 Å². The van der Waals surface area contributed by atoms with Crippen LogP contribution < -0.4 is 0 Å². The zero-order valence-corrected chi connectivity index (χ0v) is 39.8. The highest BCUT2D eigenvalue weighted by Crippen LogP contribution is 2.19. The molecule has 0 N–H and O–H groups in total. The first-order valence-electron chi connectivity index (χ1n) is 25.7. The minimum absolute atomic E-state index is 0.0659. The first-order chi connectivity index (χ1) is 28.2. The molecule has 0 radical (unpaired) electrons. The van der Waals surface area contributed by atoms with Crippen LogP contribution in [0.4, 0.5) is 0 Å². The molecule has 0 saturated carbocycles. The van der Waals surface area contributed by atoms with E-state index in [1.807, 2.05) is 0 Å².